The minimum absolute atomic E-state index is 0.0307. The molecule has 2 aromatic rings. The number of aryl methyl sites for hydroxylation is 1. The van der Waals surface area contributed by atoms with Crippen LogP contribution in [0, 0.1) is 0 Å². The summed E-state index contributed by atoms with van der Waals surface area (Å²) >= 11 is 8.22. The van der Waals surface area contributed by atoms with E-state index in [2.05, 4.69) is 10.2 Å². The molecule has 3 rings (SSSR count). The average Bonchev–Trinajstić information content (AvgIpc) is 3.28. The number of rotatable bonds is 6. The molecule has 8 nitrogen and oxygen atoms in total. The minimum Gasteiger partial charge on any atom is -0.339 e. The Morgan fingerprint density at radius 3 is 2.65 bits per heavy atom. The number of hydrogen-bond acceptors (Lipinski definition) is 7. The molecule has 0 N–H and O–H groups in total. The number of amides is 1. The average molecular weight is 436 g/mol. The quantitative estimate of drug-likeness (QED) is 0.641. The molecular weight excluding hydrogens is 418 g/mol. The van der Waals surface area contributed by atoms with Gasteiger partial charge in [0.15, 0.2) is 5.16 Å². The largest absolute Gasteiger partial charge is 0.339 e. The van der Waals surface area contributed by atoms with E-state index >= 15 is 0 Å². The molecule has 142 valence electrons. The Labute approximate surface area is 165 Å². The van der Waals surface area contributed by atoms with Crippen LogP contribution in [0.3, 0.4) is 0 Å². The first-order chi connectivity index (χ1) is 12.4. The number of thioether (sulfide) groups is 1. The molecule has 0 bridgehead atoms. The molecule has 1 amide bonds. The summed E-state index contributed by atoms with van der Waals surface area (Å²) in [6.07, 6.45) is 1.63. The number of aromatic nitrogens is 3. The van der Waals surface area contributed by atoms with Crippen molar-refractivity contribution in [1.29, 1.82) is 0 Å². The zero-order valence-electron chi connectivity index (χ0n) is 14.0. The molecule has 0 radical (unpaired) electrons. The molecule has 12 heteroatoms. The summed E-state index contributed by atoms with van der Waals surface area (Å²) in [5.74, 6) is 0.225. The van der Waals surface area contributed by atoms with Gasteiger partial charge in [0, 0.05) is 32.7 Å². The minimum atomic E-state index is -3.54. The van der Waals surface area contributed by atoms with Crippen molar-refractivity contribution in [3.05, 3.63) is 22.8 Å². The van der Waals surface area contributed by atoms with Gasteiger partial charge in [0.1, 0.15) is 10.5 Å². The van der Waals surface area contributed by atoms with Gasteiger partial charge < -0.3 is 9.47 Å². The summed E-state index contributed by atoms with van der Waals surface area (Å²) in [5.41, 5.74) is 0. The Morgan fingerprint density at radius 1 is 1.31 bits per heavy atom. The number of sulfonamides is 1. The van der Waals surface area contributed by atoms with Crippen molar-refractivity contribution >= 4 is 50.6 Å². The summed E-state index contributed by atoms with van der Waals surface area (Å²) in [4.78, 5) is 14.1. The second-order valence-electron chi connectivity index (χ2n) is 5.53. The fourth-order valence-electron chi connectivity index (χ4n) is 2.53. The fraction of sp³-hybridized carbons (Fsp3) is 0.500. The third-order valence-corrected chi connectivity index (χ3v) is 8.54. The highest BCUT2D eigenvalue weighted by Gasteiger charge is 2.31. The van der Waals surface area contributed by atoms with E-state index in [1.165, 1.54) is 22.1 Å². The lowest BCUT2D eigenvalue weighted by atomic mass is 10.3. The summed E-state index contributed by atoms with van der Waals surface area (Å²) < 4.78 is 29.1. The van der Waals surface area contributed by atoms with Gasteiger partial charge in [0.25, 0.3) is 10.0 Å². The van der Waals surface area contributed by atoms with E-state index < -0.39 is 10.0 Å². The Morgan fingerprint density at radius 2 is 2.04 bits per heavy atom. The van der Waals surface area contributed by atoms with Crippen LogP contribution in [0.25, 0.3) is 0 Å². The van der Waals surface area contributed by atoms with Crippen LogP contribution < -0.4 is 0 Å². The third kappa shape index (κ3) is 4.22. The van der Waals surface area contributed by atoms with E-state index in [-0.39, 0.29) is 29.0 Å². The fourth-order valence-corrected chi connectivity index (χ4v) is 6.47. The maximum absolute atomic E-state index is 12.6. The van der Waals surface area contributed by atoms with E-state index in [1.807, 2.05) is 11.5 Å². The first-order valence-corrected chi connectivity index (χ1v) is 11.6. The second-order valence-corrected chi connectivity index (χ2v) is 10.4. The molecule has 0 aliphatic carbocycles. The predicted molar refractivity (Wildman–Crippen MR) is 101 cm³/mol. The van der Waals surface area contributed by atoms with Crippen LogP contribution in [0.5, 0.6) is 0 Å². The molecule has 1 fully saturated rings. The molecule has 0 spiro atoms. The SMILES string of the molecule is CCn1cnnc1SCC(=O)N1CCN(S(=O)(=O)c2ccc(Cl)s2)CC1. The Kier molecular flexibility index (Phi) is 6.23. The highest BCUT2D eigenvalue weighted by atomic mass is 35.5. The molecule has 3 heterocycles. The van der Waals surface area contributed by atoms with E-state index in [1.54, 1.807) is 17.3 Å². The lowest BCUT2D eigenvalue weighted by Crippen LogP contribution is -2.50. The van der Waals surface area contributed by atoms with Crippen LogP contribution in [0.2, 0.25) is 4.34 Å². The number of halogens is 1. The molecular formula is C14H18ClN5O3S3. The number of nitrogens with zero attached hydrogens (tertiary/aromatic N) is 5. The zero-order valence-corrected chi connectivity index (χ0v) is 17.2. The van der Waals surface area contributed by atoms with Gasteiger partial charge >= 0.3 is 0 Å². The molecule has 1 saturated heterocycles. The normalized spacial score (nSPS) is 16.2. The van der Waals surface area contributed by atoms with Crippen LogP contribution in [-0.2, 0) is 21.4 Å². The lowest BCUT2D eigenvalue weighted by molar-refractivity contribution is -0.129. The summed E-state index contributed by atoms with van der Waals surface area (Å²) in [5, 5.41) is 8.53. The van der Waals surface area contributed by atoms with Crippen molar-refractivity contribution in [2.45, 2.75) is 22.8 Å². The zero-order chi connectivity index (χ0) is 18.7. The third-order valence-electron chi connectivity index (χ3n) is 3.98. The van der Waals surface area contributed by atoms with Crippen molar-refractivity contribution in [3.63, 3.8) is 0 Å². The van der Waals surface area contributed by atoms with Crippen molar-refractivity contribution in [1.82, 2.24) is 24.0 Å². The smallest absolute Gasteiger partial charge is 0.252 e. The molecule has 0 aromatic carbocycles. The number of piperazine rings is 1. The molecule has 0 unspecified atom stereocenters. The van der Waals surface area contributed by atoms with E-state index in [0.29, 0.717) is 22.6 Å². The first-order valence-electron chi connectivity index (χ1n) is 7.95. The Bertz CT molecular complexity index is 874. The first kappa shape index (κ1) is 19.6. The predicted octanol–water partition coefficient (Wildman–Crippen LogP) is 1.64. The molecule has 26 heavy (non-hydrogen) atoms. The van der Waals surface area contributed by atoms with Crippen LogP contribution in [0.15, 0.2) is 27.8 Å². The second kappa shape index (κ2) is 8.26. The monoisotopic (exact) mass is 435 g/mol. The number of carbonyl (C=O) groups excluding carboxylic acids is 1. The van der Waals surface area contributed by atoms with Crippen LogP contribution in [0.4, 0.5) is 0 Å². The van der Waals surface area contributed by atoms with Gasteiger partial charge in [-0.25, -0.2) is 8.42 Å². The number of hydrogen-bond donors (Lipinski definition) is 0. The summed E-state index contributed by atoms with van der Waals surface area (Å²) in [7, 11) is -3.54. The molecule has 1 aliphatic heterocycles. The van der Waals surface area contributed by atoms with Crippen LogP contribution in [0.1, 0.15) is 6.92 Å². The van der Waals surface area contributed by atoms with Gasteiger partial charge in [0.05, 0.1) is 10.1 Å². The topological polar surface area (TPSA) is 88.4 Å². The molecule has 0 saturated carbocycles. The van der Waals surface area contributed by atoms with Gasteiger partial charge in [-0.2, -0.15) is 4.31 Å². The van der Waals surface area contributed by atoms with Gasteiger partial charge in [-0.1, -0.05) is 23.4 Å². The highest BCUT2D eigenvalue weighted by molar-refractivity contribution is 7.99. The van der Waals surface area contributed by atoms with Crippen molar-refractivity contribution < 1.29 is 13.2 Å². The Balaban J connectivity index is 1.54. The number of carbonyl (C=O) groups is 1. The van der Waals surface area contributed by atoms with Gasteiger partial charge in [-0.15, -0.1) is 21.5 Å². The molecule has 1 aliphatic rings. The Hall–Kier alpha value is -1.14. The van der Waals surface area contributed by atoms with Crippen LogP contribution in [-0.4, -0.2) is 70.2 Å². The van der Waals surface area contributed by atoms with Gasteiger partial charge in [0.2, 0.25) is 5.91 Å². The molecule has 0 atom stereocenters. The van der Waals surface area contributed by atoms with Gasteiger partial charge in [-0.05, 0) is 19.1 Å². The standard InChI is InChI=1S/C14H18ClN5O3S3/c1-2-18-10-16-17-14(18)24-9-12(21)19-5-7-20(8-6-19)26(22,23)13-4-3-11(15)25-13/h3-4,10H,2,5-9H2,1H3. The summed E-state index contributed by atoms with van der Waals surface area (Å²) in [6, 6.07) is 3.09. The van der Waals surface area contributed by atoms with E-state index in [9.17, 15) is 13.2 Å². The van der Waals surface area contributed by atoms with Crippen molar-refractivity contribution in [2.24, 2.45) is 0 Å². The van der Waals surface area contributed by atoms with Crippen molar-refractivity contribution in [3.8, 4) is 0 Å². The van der Waals surface area contributed by atoms with Crippen molar-refractivity contribution in [2.75, 3.05) is 31.9 Å². The lowest BCUT2D eigenvalue weighted by Gasteiger charge is -2.33. The maximum atomic E-state index is 12.6. The summed E-state index contributed by atoms with van der Waals surface area (Å²) in [6.45, 7) is 4.03. The van der Waals surface area contributed by atoms with E-state index in [4.69, 9.17) is 11.6 Å². The van der Waals surface area contributed by atoms with Gasteiger partial charge in [-0.3, -0.25) is 4.79 Å². The highest BCUT2D eigenvalue weighted by Crippen LogP contribution is 2.28. The van der Waals surface area contributed by atoms with E-state index in [0.717, 1.165) is 17.9 Å². The number of thiophene rings is 1. The molecule has 2 aromatic heterocycles. The maximum Gasteiger partial charge on any atom is 0.252 e. The van der Waals surface area contributed by atoms with Crippen LogP contribution >= 0.6 is 34.7 Å².